The molecular weight excluding hydrogens is 202 g/mol. The number of thioether (sulfide) groups is 1. The topological polar surface area (TPSA) is 12.0 Å². The van der Waals surface area contributed by atoms with Gasteiger partial charge in [-0.3, -0.25) is 0 Å². The lowest BCUT2D eigenvalue weighted by molar-refractivity contribution is 0.631. The van der Waals surface area contributed by atoms with E-state index >= 15 is 0 Å². The molecule has 1 aliphatic rings. The Bertz CT molecular complexity index is 329. The summed E-state index contributed by atoms with van der Waals surface area (Å²) in [7, 11) is 0. The van der Waals surface area contributed by atoms with Crippen molar-refractivity contribution in [1.29, 1.82) is 0 Å². The summed E-state index contributed by atoms with van der Waals surface area (Å²) in [5.74, 6) is 3.55. The first-order valence-electron chi connectivity index (χ1n) is 5.64. The van der Waals surface area contributed by atoms with Crippen LogP contribution in [0.4, 0.5) is 5.69 Å². The molecule has 1 unspecified atom stereocenters. The van der Waals surface area contributed by atoms with Gasteiger partial charge < -0.3 is 5.32 Å². The number of nitrogens with one attached hydrogen (secondary N) is 1. The molecule has 1 heterocycles. The Labute approximate surface area is 96.7 Å². The van der Waals surface area contributed by atoms with Crippen LogP contribution < -0.4 is 5.32 Å². The summed E-state index contributed by atoms with van der Waals surface area (Å²) in [5.41, 5.74) is 4.01. The molecule has 2 rings (SSSR count). The summed E-state index contributed by atoms with van der Waals surface area (Å²) in [5, 5.41) is 3.57. The van der Waals surface area contributed by atoms with E-state index in [1.165, 1.54) is 34.7 Å². The molecule has 0 amide bonds. The molecule has 1 saturated heterocycles. The second-order valence-corrected chi connectivity index (χ2v) is 5.58. The van der Waals surface area contributed by atoms with Gasteiger partial charge in [-0.2, -0.15) is 11.8 Å². The zero-order chi connectivity index (χ0) is 10.7. The van der Waals surface area contributed by atoms with Crippen LogP contribution in [-0.4, -0.2) is 18.1 Å². The Balaban J connectivity index is 1.92. The highest BCUT2D eigenvalue weighted by atomic mass is 32.2. The van der Waals surface area contributed by atoms with Crippen LogP contribution in [0.3, 0.4) is 0 Å². The summed E-state index contributed by atoms with van der Waals surface area (Å²) in [4.78, 5) is 0. The first-order chi connectivity index (χ1) is 7.25. The van der Waals surface area contributed by atoms with Gasteiger partial charge in [0, 0.05) is 12.2 Å². The molecule has 0 bridgehead atoms. The highest BCUT2D eigenvalue weighted by Crippen LogP contribution is 2.24. The normalized spacial score (nSPS) is 20.5. The van der Waals surface area contributed by atoms with Crippen LogP contribution in [0.25, 0.3) is 0 Å². The van der Waals surface area contributed by atoms with E-state index in [2.05, 4.69) is 49.1 Å². The first kappa shape index (κ1) is 10.9. The minimum absolute atomic E-state index is 0.871. The highest BCUT2D eigenvalue weighted by molar-refractivity contribution is 7.99. The fourth-order valence-electron chi connectivity index (χ4n) is 2.01. The van der Waals surface area contributed by atoms with Crippen LogP contribution in [0, 0.1) is 19.8 Å². The van der Waals surface area contributed by atoms with Crippen LogP contribution in [0.2, 0.25) is 0 Å². The molecule has 1 atom stereocenters. The van der Waals surface area contributed by atoms with Gasteiger partial charge in [0.05, 0.1) is 0 Å². The predicted molar refractivity (Wildman–Crippen MR) is 69.8 cm³/mol. The molecule has 0 radical (unpaired) electrons. The first-order valence-corrected chi connectivity index (χ1v) is 6.80. The standard InChI is InChI=1S/C13H19NS/c1-10-3-4-13(11(2)7-10)14-8-12-5-6-15-9-12/h3-4,7,12,14H,5-6,8-9H2,1-2H3. The minimum atomic E-state index is 0.871. The molecule has 0 spiro atoms. The van der Waals surface area contributed by atoms with Crippen molar-refractivity contribution < 1.29 is 0 Å². The second-order valence-electron chi connectivity index (χ2n) is 4.43. The maximum Gasteiger partial charge on any atom is 0.0370 e. The molecule has 1 aromatic rings. The molecule has 1 N–H and O–H groups in total. The number of hydrogen-bond acceptors (Lipinski definition) is 2. The number of hydrogen-bond donors (Lipinski definition) is 1. The van der Waals surface area contributed by atoms with Crippen molar-refractivity contribution in [3.8, 4) is 0 Å². The summed E-state index contributed by atoms with van der Waals surface area (Å²) in [6, 6.07) is 6.62. The van der Waals surface area contributed by atoms with Crippen LogP contribution in [-0.2, 0) is 0 Å². The molecule has 1 fully saturated rings. The monoisotopic (exact) mass is 221 g/mol. The number of anilines is 1. The molecule has 1 aromatic carbocycles. The van der Waals surface area contributed by atoms with Gasteiger partial charge >= 0.3 is 0 Å². The van der Waals surface area contributed by atoms with Gasteiger partial charge in [-0.05, 0) is 49.3 Å². The molecule has 15 heavy (non-hydrogen) atoms. The number of rotatable bonds is 3. The van der Waals surface area contributed by atoms with Crippen molar-refractivity contribution in [2.45, 2.75) is 20.3 Å². The van der Waals surface area contributed by atoms with Gasteiger partial charge in [-0.15, -0.1) is 0 Å². The van der Waals surface area contributed by atoms with E-state index in [1.54, 1.807) is 0 Å². The van der Waals surface area contributed by atoms with Gasteiger partial charge in [0.25, 0.3) is 0 Å². The Hall–Kier alpha value is -0.630. The average molecular weight is 221 g/mol. The molecule has 82 valence electrons. The summed E-state index contributed by atoms with van der Waals surface area (Å²) in [6.07, 6.45) is 1.38. The Morgan fingerprint density at radius 3 is 2.93 bits per heavy atom. The lowest BCUT2D eigenvalue weighted by atomic mass is 10.1. The van der Waals surface area contributed by atoms with Gasteiger partial charge in [-0.25, -0.2) is 0 Å². The third-order valence-corrected chi connectivity index (χ3v) is 4.22. The minimum Gasteiger partial charge on any atom is -0.385 e. The smallest absolute Gasteiger partial charge is 0.0370 e. The Morgan fingerprint density at radius 2 is 2.27 bits per heavy atom. The van der Waals surface area contributed by atoms with E-state index in [1.807, 2.05) is 0 Å². The molecule has 0 aliphatic carbocycles. The van der Waals surface area contributed by atoms with E-state index in [0.29, 0.717) is 0 Å². The van der Waals surface area contributed by atoms with E-state index in [-0.39, 0.29) is 0 Å². The highest BCUT2D eigenvalue weighted by Gasteiger charge is 2.14. The molecule has 0 saturated carbocycles. The van der Waals surface area contributed by atoms with Crippen molar-refractivity contribution in [3.05, 3.63) is 29.3 Å². The Morgan fingerprint density at radius 1 is 1.40 bits per heavy atom. The SMILES string of the molecule is Cc1ccc(NCC2CCSC2)c(C)c1. The van der Waals surface area contributed by atoms with E-state index < -0.39 is 0 Å². The number of aryl methyl sites for hydroxylation is 2. The largest absolute Gasteiger partial charge is 0.385 e. The van der Waals surface area contributed by atoms with E-state index in [0.717, 1.165) is 12.5 Å². The average Bonchev–Trinajstić information content (AvgIpc) is 2.69. The van der Waals surface area contributed by atoms with Crippen LogP contribution in [0.1, 0.15) is 17.5 Å². The zero-order valence-electron chi connectivity index (χ0n) is 9.55. The van der Waals surface area contributed by atoms with Crippen LogP contribution in [0.15, 0.2) is 18.2 Å². The fraction of sp³-hybridized carbons (Fsp3) is 0.538. The maximum absolute atomic E-state index is 3.57. The third-order valence-electron chi connectivity index (χ3n) is 2.99. The van der Waals surface area contributed by atoms with Crippen LogP contribution >= 0.6 is 11.8 Å². The lowest BCUT2D eigenvalue weighted by Crippen LogP contribution is -2.13. The van der Waals surface area contributed by atoms with Crippen molar-refractivity contribution >= 4 is 17.4 Å². The van der Waals surface area contributed by atoms with Gasteiger partial charge in [0.15, 0.2) is 0 Å². The fourth-order valence-corrected chi connectivity index (χ4v) is 3.30. The molecular formula is C13H19NS. The van der Waals surface area contributed by atoms with Crippen molar-refractivity contribution in [3.63, 3.8) is 0 Å². The lowest BCUT2D eigenvalue weighted by Gasteiger charge is -2.13. The molecule has 1 aliphatic heterocycles. The van der Waals surface area contributed by atoms with Crippen LogP contribution in [0.5, 0.6) is 0 Å². The second kappa shape index (κ2) is 4.93. The van der Waals surface area contributed by atoms with Crippen molar-refractivity contribution in [2.75, 3.05) is 23.4 Å². The van der Waals surface area contributed by atoms with Crippen molar-refractivity contribution in [1.82, 2.24) is 0 Å². The quantitative estimate of drug-likeness (QED) is 0.839. The summed E-state index contributed by atoms with van der Waals surface area (Å²) in [6.45, 7) is 5.46. The van der Waals surface area contributed by atoms with Gasteiger partial charge in [0.1, 0.15) is 0 Å². The maximum atomic E-state index is 3.57. The Kier molecular flexibility index (Phi) is 3.57. The zero-order valence-corrected chi connectivity index (χ0v) is 10.4. The van der Waals surface area contributed by atoms with Crippen molar-refractivity contribution in [2.24, 2.45) is 5.92 Å². The number of benzene rings is 1. The summed E-state index contributed by atoms with van der Waals surface area (Å²) >= 11 is 2.08. The molecule has 0 aromatic heterocycles. The molecule has 2 heteroatoms. The van der Waals surface area contributed by atoms with Gasteiger partial charge in [0.2, 0.25) is 0 Å². The van der Waals surface area contributed by atoms with Gasteiger partial charge in [-0.1, -0.05) is 17.7 Å². The third kappa shape index (κ3) is 2.91. The van der Waals surface area contributed by atoms with E-state index in [9.17, 15) is 0 Å². The predicted octanol–water partition coefficient (Wildman–Crippen LogP) is 3.47. The summed E-state index contributed by atoms with van der Waals surface area (Å²) < 4.78 is 0. The molecule has 1 nitrogen and oxygen atoms in total. The van der Waals surface area contributed by atoms with E-state index in [4.69, 9.17) is 0 Å².